The molecule has 0 radical (unpaired) electrons. The molecule has 2 aromatic rings. The van der Waals surface area contributed by atoms with Crippen LogP contribution in [0, 0.1) is 12.8 Å². The number of aryl methyl sites for hydroxylation is 1. The fraction of sp³-hybridized carbons (Fsp3) is 0.389. The van der Waals surface area contributed by atoms with Gasteiger partial charge in [0.2, 0.25) is 5.82 Å². The van der Waals surface area contributed by atoms with E-state index in [1.165, 1.54) is 11.1 Å². The van der Waals surface area contributed by atoms with Crippen molar-refractivity contribution in [2.75, 3.05) is 13.1 Å². The Morgan fingerprint density at radius 3 is 2.35 bits per heavy atom. The zero-order chi connectivity index (χ0) is 18.7. The first kappa shape index (κ1) is 18.2. The van der Waals surface area contributed by atoms with E-state index in [-0.39, 0.29) is 12.6 Å². The van der Waals surface area contributed by atoms with Crippen LogP contribution < -0.4 is 5.32 Å². The quantitative estimate of drug-likeness (QED) is 0.907. The molecule has 0 bridgehead atoms. The van der Waals surface area contributed by atoms with E-state index in [2.05, 4.69) is 39.6 Å². The summed E-state index contributed by atoms with van der Waals surface area (Å²) in [6.45, 7) is 3.48. The molecule has 5 nitrogen and oxygen atoms in total. The van der Waals surface area contributed by atoms with Crippen LogP contribution in [-0.4, -0.2) is 34.0 Å². The molecule has 26 heavy (non-hydrogen) atoms. The normalized spacial score (nSPS) is 14.8. The molecule has 1 N–H and O–H groups in total. The molecule has 1 aliphatic heterocycles. The smallest absolute Gasteiger partial charge is 0.334 e. The number of aromatic nitrogens is 2. The third kappa shape index (κ3) is 4.50. The summed E-state index contributed by atoms with van der Waals surface area (Å²) in [5.74, 6) is -0.757. The molecule has 0 aliphatic carbocycles. The fourth-order valence-corrected chi connectivity index (χ4v) is 2.80. The molecule has 8 heteroatoms. The number of hydrogen-bond donors (Lipinski definition) is 1. The van der Waals surface area contributed by atoms with E-state index >= 15 is 0 Å². The minimum atomic E-state index is -4.56. The molecule has 0 unspecified atom stereocenters. The summed E-state index contributed by atoms with van der Waals surface area (Å²) >= 11 is 0. The number of alkyl halides is 3. The lowest BCUT2D eigenvalue weighted by Gasteiger charge is -2.39. The summed E-state index contributed by atoms with van der Waals surface area (Å²) in [5.41, 5.74) is 2.89. The molecular weight excluding hydrogens is 345 g/mol. The number of hydrogen-bond acceptors (Lipinski definition) is 3. The maximum atomic E-state index is 12.4. The Bertz CT molecular complexity index is 754. The van der Waals surface area contributed by atoms with Gasteiger partial charge in [-0.3, -0.25) is 0 Å². The number of likely N-dealkylation sites (tertiary alicyclic amines) is 1. The van der Waals surface area contributed by atoms with Gasteiger partial charge in [-0.2, -0.15) is 13.2 Å². The monoisotopic (exact) mass is 364 g/mol. The Hall–Kier alpha value is -2.64. The molecular formula is C18H19F3N4O. The highest BCUT2D eigenvalue weighted by Gasteiger charge is 2.34. The number of benzene rings is 1. The van der Waals surface area contributed by atoms with E-state index in [4.69, 9.17) is 0 Å². The van der Waals surface area contributed by atoms with Gasteiger partial charge in [-0.1, -0.05) is 29.8 Å². The third-order valence-corrected chi connectivity index (χ3v) is 4.29. The first-order chi connectivity index (χ1) is 12.3. The molecule has 0 atom stereocenters. The first-order valence-corrected chi connectivity index (χ1v) is 8.27. The van der Waals surface area contributed by atoms with Crippen molar-refractivity contribution in [3.63, 3.8) is 0 Å². The SMILES string of the molecule is Cc1ccc(CC2CN(C(=O)NCc3cnc(C(F)(F)F)nc3)C2)cc1. The van der Waals surface area contributed by atoms with Crippen LogP contribution in [-0.2, 0) is 19.1 Å². The third-order valence-electron chi connectivity index (χ3n) is 4.29. The Morgan fingerprint density at radius 1 is 1.15 bits per heavy atom. The number of rotatable bonds is 4. The minimum Gasteiger partial charge on any atom is -0.334 e. The average Bonchev–Trinajstić information content (AvgIpc) is 2.57. The Labute approximate surface area is 149 Å². The Balaban J connectivity index is 1.42. The van der Waals surface area contributed by atoms with E-state index in [1.54, 1.807) is 4.90 Å². The van der Waals surface area contributed by atoms with E-state index in [9.17, 15) is 18.0 Å². The van der Waals surface area contributed by atoms with E-state index in [0.717, 1.165) is 18.8 Å². The van der Waals surface area contributed by atoms with Gasteiger partial charge in [0.25, 0.3) is 0 Å². The van der Waals surface area contributed by atoms with Crippen LogP contribution in [0.25, 0.3) is 0 Å². The van der Waals surface area contributed by atoms with E-state index in [0.29, 0.717) is 24.6 Å². The molecule has 2 amide bonds. The number of urea groups is 1. The molecule has 1 aromatic heterocycles. The molecule has 138 valence electrons. The van der Waals surface area contributed by atoms with Crippen LogP contribution in [0.3, 0.4) is 0 Å². The van der Waals surface area contributed by atoms with Crippen LogP contribution in [0.15, 0.2) is 36.7 Å². The summed E-state index contributed by atoms with van der Waals surface area (Å²) in [6, 6.07) is 8.12. The van der Waals surface area contributed by atoms with E-state index in [1.807, 2.05) is 6.92 Å². The number of carbonyl (C=O) groups excluding carboxylic acids is 1. The van der Waals surface area contributed by atoms with Crippen molar-refractivity contribution < 1.29 is 18.0 Å². The lowest BCUT2D eigenvalue weighted by molar-refractivity contribution is -0.145. The lowest BCUT2D eigenvalue weighted by Crippen LogP contribution is -2.54. The molecule has 3 rings (SSSR count). The van der Waals surface area contributed by atoms with Gasteiger partial charge in [-0.05, 0) is 24.8 Å². The van der Waals surface area contributed by atoms with Crippen LogP contribution in [0.2, 0.25) is 0 Å². The molecule has 0 saturated carbocycles. The van der Waals surface area contributed by atoms with Gasteiger partial charge in [-0.25, -0.2) is 14.8 Å². The van der Waals surface area contributed by atoms with Crippen molar-refractivity contribution >= 4 is 6.03 Å². The molecule has 1 aromatic carbocycles. The topological polar surface area (TPSA) is 58.1 Å². The number of halogens is 3. The van der Waals surface area contributed by atoms with Crippen LogP contribution >= 0.6 is 0 Å². The molecule has 1 saturated heterocycles. The number of carbonyl (C=O) groups is 1. The largest absolute Gasteiger partial charge is 0.451 e. The zero-order valence-electron chi connectivity index (χ0n) is 14.3. The van der Waals surface area contributed by atoms with Gasteiger partial charge in [-0.15, -0.1) is 0 Å². The second-order valence-corrected chi connectivity index (χ2v) is 6.53. The minimum absolute atomic E-state index is 0.0934. The highest BCUT2D eigenvalue weighted by Crippen LogP contribution is 2.25. The fourth-order valence-electron chi connectivity index (χ4n) is 2.80. The van der Waals surface area contributed by atoms with Gasteiger partial charge < -0.3 is 10.2 Å². The summed E-state index contributed by atoms with van der Waals surface area (Å²) < 4.78 is 37.2. The van der Waals surface area contributed by atoms with Gasteiger partial charge in [0, 0.05) is 37.6 Å². The molecule has 1 aliphatic rings. The van der Waals surface area contributed by atoms with Gasteiger partial charge in [0.05, 0.1) is 0 Å². The second kappa shape index (κ2) is 7.31. The highest BCUT2D eigenvalue weighted by molar-refractivity contribution is 5.75. The average molecular weight is 364 g/mol. The lowest BCUT2D eigenvalue weighted by atomic mass is 9.92. The van der Waals surface area contributed by atoms with E-state index < -0.39 is 12.0 Å². The summed E-state index contributed by atoms with van der Waals surface area (Å²) in [7, 11) is 0. The highest BCUT2D eigenvalue weighted by atomic mass is 19.4. The maximum absolute atomic E-state index is 12.4. The summed E-state index contributed by atoms with van der Waals surface area (Å²) in [6.07, 6.45) is -1.48. The van der Waals surface area contributed by atoms with Crippen molar-refractivity contribution in [3.05, 3.63) is 59.2 Å². The van der Waals surface area contributed by atoms with Crippen molar-refractivity contribution in [1.29, 1.82) is 0 Å². The summed E-state index contributed by atoms with van der Waals surface area (Å²) in [4.78, 5) is 20.3. The molecule has 2 heterocycles. The molecule has 0 spiro atoms. The standard InChI is InChI=1S/C18H19F3N4O/c1-12-2-4-13(5-3-12)6-14-10-25(11-14)17(26)24-9-15-7-22-16(23-8-15)18(19,20)21/h2-5,7-8,14H,6,9-11H2,1H3,(H,24,26). The Morgan fingerprint density at radius 2 is 1.77 bits per heavy atom. The van der Waals surface area contributed by atoms with Crippen molar-refractivity contribution in [2.45, 2.75) is 26.1 Å². The first-order valence-electron chi connectivity index (χ1n) is 8.27. The zero-order valence-corrected chi connectivity index (χ0v) is 14.3. The number of amides is 2. The van der Waals surface area contributed by atoms with Crippen LogP contribution in [0.1, 0.15) is 22.5 Å². The predicted molar refractivity (Wildman–Crippen MR) is 89.2 cm³/mol. The predicted octanol–water partition coefficient (Wildman–Crippen LogP) is 3.19. The number of nitrogens with one attached hydrogen (secondary N) is 1. The van der Waals surface area contributed by atoms with Gasteiger partial charge >= 0.3 is 12.2 Å². The Kier molecular flexibility index (Phi) is 5.11. The van der Waals surface area contributed by atoms with Crippen molar-refractivity contribution in [2.24, 2.45) is 5.92 Å². The second-order valence-electron chi connectivity index (χ2n) is 6.53. The summed E-state index contributed by atoms with van der Waals surface area (Å²) in [5, 5.41) is 2.68. The van der Waals surface area contributed by atoms with Crippen LogP contribution in [0.4, 0.5) is 18.0 Å². The number of nitrogens with zero attached hydrogens (tertiary/aromatic N) is 3. The van der Waals surface area contributed by atoms with Gasteiger partial charge in [0.1, 0.15) is 0 Å². The van der Waals surface area contributed by atoms with Crippen molar-refractivity contribution in [3.8, 4) is 0 Å². The maximum Gasteiger partial charge on any atom is 0.451 e. The van der Waals surface area contributed by atoms with Crippen molar-refractivity contribution in [1.82, 2.24) is 20.2 Å². The molecule has 1 fully saturated rings. The van der Waals surface area contributed by atoms with Gasteiger partial charge in [0.15, 0.2) is 0 Å². The van der Waals surface area contributed by atoms with Crippen LogP contribution in [0.5, 0.6) is 0 Å².